The molecule has 17 heavy (non-hydrogen) atoms. The van der Waals surface area contributed by atoms with Crippen LogP contribution in [0, 0.1) is 13.8 Å². The summed E-state index contributed by atoms with van der Waals surface area (Å²) in [6.07, 6.45) is 0. The van der Waals surface area contributed by atoms with Gasteiger partial charge in [-0.25, -0.2) is 0 Å². The van der Waals surface area contributed by atoms with Gasteiger partial charge in [0.15, 0.2) is 0 Å². The third-order valence-corrected chi connectivity index (χ3v) is 4.80. The van der Waals surface area contributed by atoms with Crippen molar-refractivity contribution in [3.8, 4) is 0 Å². The molecule has 0 aliphatic rings. The van der Waals surface area contributed by atoms with Gasteiger partial charge in [0.05, 0.1) is 0 Å². The molecule has 2 aromatic carbocycles. The van der Waals surface area contributed by atoms with Crippen molar-refractivity contribution in [2.45, 2.75) is 23.6 Å². The van der Waals surface area contributed by atoms with E-state index in [-0.39, 0.29) is 0 Å². The number of hydrogen-bond donors (Lipinski definition) is 0. The molecule has 0 saturated heterocycles. The molecular weight excluding hydrogens is 271 g/mol. The van der Waals surface area contributed by atoms with Crippen molar-refractivity contribution in [1.29, 1.82) is 0 Å². The van der Waals surface area contributed by atoms with Gasteiger partial charge in [0, 0.05) is 19.8 Å². The average Bonchev–Trinajstić information content (AvgIpc) is 2.31. The van der Waals surface area contributed by atoms with Gasteiger partial charge in [0.25, 0.3) is 0 Å². The Balaban J connectivity index is 2.38. The Hall–Kier alpha value is -0.630. The molecule has 0 spiro atoms. The van der Waals surface area contributed by atoms with E-state index in [4.69, 9.17) is 23.2 Å². The average molecular weight is 283 g/mol. The molecule has 0 amide bonds. The minimum Gasteiger partial charge on any atom is -0.0894 e. The van der Waals surface area contributed by atoms with Crippen LogP contribution in [0.5, 0.6) is 0 Å². The maximum Gasteiger partial charge on any atom is 0.0446 e. The summed E-state index contributed by atoms with van der Waals surface area (Å²) in [7, 11) is 0. The molecule has 88 valence electrons. The zero-order valence-corrected chi connectivity index (χ0v) is 12.0. The highest BCUT2D eigenvalue weighted by atomic mass is 35.5. The van der Waals surface area contributed by atoms with Crippen molar-refractivity contribution in [3.05, 3.63) is 57.6 Å². The molecule has 0 nitrogen and oxygen atoms in total. The summed E-state index contributed by atoms with van der Waals surface area (Å²) in [6, 6.07) is 11.9. The SMILES string of the molecule is Cc1c(Cl)cccc1Sc1cccc(Cl)c1C. The van der Waals surface area contributed by atoms with Gasteiger partial charge in [0.2, 0.25) is 0 Å². The Morgan fingerprint density at radius 3 is 1.59 bits per heavy atom. The van der Waals surface area contributed by atoms with Gasteiger partial charge in [-0.1, -0.05) is 47.1 Å². The van der Waals surface area contributed by atoms with Crippen molar-refractivity contribution >= 4 is 35.0 Å². The molecule has 0 atom stereocenters. The Labute approximate surface area is 116 Å². The standard InChI is InChI=1S/C14H12Cl2S/c1-9-11(15)5-3-7-13(9)17-14-8-4-6-12(16)10(14)2/h3-8H,1-2H3. The van der Waals surface area contributed by atoms with Crippen LogP contribution in [0.25, 0.3) is 0 Å². The smallest absolute Gasteiger partial charge is 0.0446 e. The number of benzene rings is 2. The second-order valence-corrected chi connectivity index (χ2v) is 5.73. The summed E-state index contributed by atoms with van der Waals surface area (Å²) in [5.41, 5.74) is 2.22. The quantitative estimate of drug-likeness (QED) is 0.675. The van der Waals surface area contributed by atoms with Crippen LogP contribution in [0.2, 0.25) is 10.0 Å². The van der Waals surface area contributed by atoms with Crippen LogP contribution in [-0.4, -0.2) is 0 Å². The Morgan fingerprint density at radius 1 is 0.765 bits per heavy atom. The van der Waals surface area contributed by atoms with Gasteiger partial charge in [-0.15, -0.1) is 0 Å². The lowest BCUT2D eigenvalue weighted by Crippen LogP contribution is -1.84. The second kappa shape index (κ2) is 5.34. The molecule has 0 aliphatic carbocycles. The Morgan fingerprint density at radius 2 is 1.18 bits per heavy atom. The molecule has 0 bridgehead atoms. The predicted octanol–water partition coefficient (Wildman–Crippen LogP) is 5.76. The van der Waals surface area contributed by atoms with Crippen LogP contribution in [0.1, 0.15) is 11.1 Å². The van der Waals surface area contributed by atoms with Crippen molar-refractivity contribution in [2.75, 3.05) is 0 Å². The molecule has 0 N–H and O–H groups in total. The first-order valence-electron chi connectivity index (χ1n) is 5.27. The van der Waals surface area contributed by atoms with E-state index in [1.165, 1.54) is 9.79 Å². The van der Waals surface area contributed by atoms with E-state index < -0.39 is 0 Å². The predicted molar refractivity (Wildman–Crippen MR) is 76.5 cm³/mol. The number of halogens is 2. The van der Waals surface area contributed by atoms with Crippen molar-refractivity contribution in [1.82, 2.24) is 0 Å². The summed E-state index contributed by atoms with van der Waals surface area (Å²) >= 11 is 13.9. The third-order valence-electron chi connectivity index (χ3n) is 2.66. The third kappa shape index (κ3) is 2.79. The van der Waals surface area contributed by atoms with Crippen LogP contribution >= 0.6 is 35.0 Å². The van der Waals surface area contributed by atoms with Crippen LogP contribution in [0.3, 0.4) is 0 Å². The van der Waals surface area contributed by atoms with E-state index >= 15 is 0 Å². The topological polar surface area (TPSA) is 0 Å². The lowest BCUT2D eigenvalue weighted by Gasteiger charge is -2.10. The van der Waals surface area contributed by atoms with Crippen LogP contribution in [0.15, 0.2) is 46.2 Å². The molecule has 0 fully saturated rings. The van der Waals surface area contributed by atoms with E-state index in [9.17, 15) is 0 Å². The van der Waals surface area contributed by atoms with Gasteiger partial charge in [0.1, 0.15) is 0 Å². The van der Waals surface area contributed by atoms with Gasteiger partial charge < -0.3 is 0 Å². The highest BCUT2D eigenvalue weighted by molar-refractivity contribution is 7.99. The van der Waals surface area contributed by atoms with E-state index in [1.807, 2.05) is 38.1 Å². The van der Waals surface area contributed by atoms with Crippen molar-refractivity contribution in [2.24, 2.45) is 0 Å². The Kier molecular flexibility index (Phi) is 4.03. The maximum atomic E-state index is 6.11. The van der Waals surface area contributed by atoms with Gasteiger partial charge in [-0.3, -0.25) is 0 Å². The molecule has 2 aromatic rings. The summed E-state index contributed by atoms with van der Waals surface area (Å²) < 4.78 is 0. The molecule has 0 aliphatic heterocycles. The van der Waals surface area contributed by atoms with E-state index in [2.05, 4.69) is 12.1 Å². The fourth-order valence-electron chi connectivity index (χ4n) is 1.51. The zero-order valence-electron chi connectivity index (χ0n) is 9.63. The fourth-order valence-corrected chi connectivity index (χ4v) is 3.03. The van der Waals surface area contributed by atoms with Crippen LogP contribution in [-0.2, 0) is 0 Å². The fraction of sp³-hybridized carbons (Fsp3) is 0.143. The van der Waals surface area contributed by atoms with Crippen LogP contribution < -0.4 is 0 Å². The Bertz CT molecular complexity index is 500. The first-order chi connectivity index (χ1) is 8.09. The lowest BCUT2D eigenvalue weighted by atomic mass is 10.2. The lowest BCUT2D eigenvalue weighted by molar-refractivity contribution is 1.26. The molecular formula is C14H12Cl2S. The molecule has 0 aromatic heterocycles. The van der Waals surface area contributed by atoms with E-state index in [0.717, 1.165) is 21.2 Å². The van der Waals surface area contributed by atoms with E-state index in [0.29, 0.717) is 0 Å². The van der Waals surface area contributed by atoms with Crippen LogP contribution in [0.4, 0.5) is 0 Å². The molecule has 0 saturated carbocycles. The maximum absolute atomic E-state index is 6.11. The minimum absolute atomic E-state index is 0.801. The summed E-state index contributed by atoms with van der Waals surface area (Å²) in [6.45, 7) is 4.06. The normalized spacial score (nSPS) is 10.6. The van der Waals surface area contributed by atoms with Crippen molar-refractivity contribution in [3.63, 3.8) is 0 Å². The monoisotopic (exact) mass is 282 g/mol. The summed E-state index contributed by atoms with van der Waals surface area (Å²) in [5.74, 6) is 0. The first-order valence-corrected chi connectivity index (χ1v) is 6.85. The molecule has 2 rings (SSSR count). The van der Waals surface area contributed by atoms with Crippen molar-refractivity contribution < 1.29 is 0 Å². The summed E-state index contributed by atoms with van der Waals surface area (Å²) in [5, 5.41) is 1.60. The second-order valence-electron chi connectivity index (χ2n) is 3.83. The van der Waals surface area contributed by atoms with Gasteiger partial charge in [-0.2, -0.15) is 0 Å². The molecule has 0 unspecified atom stereocenters. The molecule has 3 heteroatoms. The largest absolute Gasteiger partial charge is 0.0894 e. The van der Waals surface area contributed by atoms with E-state index in [1.54, 1.807) is 11.8 Å². The van der Waals surface area contributed by atoms with Gasteiger partial charge >= 0.3 is 0 Å². The number of rotatable bonds is 2. The highest BCUT2D eigenvalue weighted by Gasteiger charge is 2.07. The van der Waals surface area contributed by atoms with Gasteiger partial charge in [-0.05, 0) is 49.2 Å². The first kappa shape index (κ1) is 12.8. The zero-order chi connectivity index (χ0) is 12.4. The highest BCUT2D eigenvalue weighted by Crippen LogP contribution is 2.36. The summed E-state index contributed by atoms with van der Waals surface area (Å²) in [4.78, 5) is 2.34. The number of hydrogen-bond acceptors (Lipinski definition) is 1. The molecule has 0 heterocycles. The molecule has 0 radical (unpaired) electrons. The minimum atomic E-state index is 0.801.